The second-order valence-corrected chi connectivity index (χ2v) is 4.57. The Bertz CT molecular complexity index is 414. The molecule has 0 bridgehead atoms. The van der Waals surface area contributed by atoms with Gasteiger partial charge >= 0.3 is 0 Å². The number of nitrogens with two attached hydrogens (primary N) is 1. The number of nitrogens with zero attached hydrogens (tertiary/aromatic N) is 1. The zero-order chi connectivity index (χ0) is 11.3. The van der Waals surface area contributed by atoms with E-state index in [0.29, 0.717) is 17.9 Å². The summed E-state index contributed by atoms with van der Waals surface area (Å²) in [6.07, 6.45) is 0. The predicted molar refractivity (Wildman–Crippen MR) is 56.9 cm³/mol. The molecule has 80 valence electrons. The Balaban J connectivity index is 2.79. The molecule has 15 heavy (non-hydrogen) atoms. The van der Waals surface area contributed by atoms with Gasteiger partial charge in [0.25, 0.3) is 0 Å². The van der Waals surface area contributed by atoms with Gasteiger partial charge in [0.1, 0.15) is 5.82 Å². The molecule has 5 heteroatoms. The molecular formula is C10H11FN2OS. The third-order valence-electron chi connectivity index (χ3n) is 1.84. The van der Waals surface area contributed by atoms with Gasteiger partial charge in [-0.15, -0.1) is 0 Å². The summed E-state index contributed by atoms with van der Waals surface area (Å²) in [4.78, 5) is 0. The van der Waals surface area contributed by atoms with Gasteiger partial charge in [0.2, 0.25) is 0 Å². The predicted octanol–water partition coefficient (Wildman–Crippen LogP) is 0.905. The Morgan fingerprint density at radius 2 is 2.27 bits per heavy atom. The number of hydrogen-bond acceptors (Lipinski definition) is 3. The van der Waals surface area contributed by atoms with Crippen LogP contribution in [0.15, 0.2) is 18.2 Å². The molecule has 1 aromatic rings. The van der Waals surface area contributed by atoms with E-state index in [0.717, 1.165) is 6.07 Å². The van der Waals surface area contributed by atoms with Gasteiger partial charge < -0.3 is 5.73 Å². The van der Waals surface area contributed by atoms with Gasteiger partial charge in [-0.25, -0.2) is 4.39 Å². The van der Waals surface area contributed by atoms with Crippen LogP contribution >= 0.6 is 0 Å². The van der Waals surface area contributed by atoms with Crippen molar-refractivity contribution in [2.75, 3.05) is 12.3 Å². The molecule has 0 saturated heterocycles. The van der Waals surface area contributed by atoms with Gasteiger partial charge in [-0.05, 0) is 12.1 Å². The summed E-state index contributed by atoms with van der Waals surface area (Å²) in [6.45, 7) is 0.324. The fraction of sp³-hybridized carbons (Fsp3) is 0.300. The van der Waals surface area contributed by atoms with Crippen LogP contribution in [0.5, 0.6) is 0 Å². The molecule has 0 amide bonds. The van der Waals surface area contributed by atoms with E-state index in [1.807, 2.05) is 6.07 Å². The number of benzene rings is 1. The summed E-state index contributed by atoms with van der Waals surface area (Å²) in [5, 5.41) is 8.53. The highest BCUT2D eigenvalue weighted by Gasteiger charge is 2.07. The molecule has 0 saturated carbocycles. The lowest BCUT2D eigenvalue weighted by molar-refractivity contribution is 0.614. The summed E-state index contributed by atoms with van der Waals surface area (Å²) in [7, 11) is -1.14. The molecule has 1 rings (SSSR count). The van der Waals surface area contributed by atoms with Crippen molar-refractivity contribution in [3.63, 3.8) is 0 Å². The maximum absolute atomic E-state index is 13.3. The standard InChI is InChI=1S/C10H11FN2OS/c11-10-5-8(6-13)1-2-9(10)7-15(14)4-3-12/h1-2,5H,3-4,7,12H2. The van der Waals surface area contributed by atoms with Crippen LogP contribution in [-0.4, -0.2) is 16.5 Å². The van der Waals surface area contributed by atoms with E-state index >= 15 is 0 Å². The molecule has 0 aliphatic carbocycles. The van der Waals surface area contributed by atoms with Crippen LogP contribution in [0.2, 0.25) is 0 Å². The summed E-state index contributed by atoms with van der Waals surface area (Å²) in [5.41, 5.74) is 5.86. The molecule has 0 fully saturated rings. The minimum Gasteiger partial charge on any atom is -0.330 e. The molecule has 0 aliphatic heterocycles. The maximum Gasteiger partial charge on any atom is 0.128 e. The van der Waals surface area contributed by atoms with Gasteiger partial charge in [-0.2, -0.15) is 5.26 Å². The minimum atomic E-state index is -1.14. The summed E-state index contributed by atoms with van der Waals surface area (Å²) < 4.78 is 24.6. The van der Waals surface area contributed by atoms with Crippen LogP contribution in [0, 0.1) is 17.1 Å². The van der Waals surface area contributed by atoms with Crippen LogP contribution in [0.4, 0.5) is 4.39 Å². The molecule has 0 aromatic heterocycles. The molecule has 1 unspecified atom stereocenters. The molecule has 0 spiro atoms. The number of halogens is 1. The lowest BCUT2D eigenvalue weighted by Gasteiger charge is -2.02. The van der Waals surface area contributed by atoms with Gasteiger partial charge in [0, 0.05) is 28.7 Å². The van der Waals surface area contributed by atoms with Gasteiger partial charge in [-0.3, -0.25) is 4.21 Å². The van der Waals surface area contributed by atoms with E-state index in [2.05, 4.69) is 0 Å². The molecule has 2 N–H and O–H groups in total. The van der Waals surface area contributed by atoms with Crippen LogP contribution in [-0.2, 0) is 16.6 Å². The van der Waals surface area contributed by atoms with E-state index in [-0.39, 0.29) is 11.3 Å². The van der Waals surface area contributed by atoms with E-state index in [9.17, 15) is 8.60 Å². The Morgan fingerprint density at radius 3 is 2.80 bits per heavy atom. The van der Waals surface area contributed by atoms with E-state index in [4.69, 9.17) is 11.0 Å². The van der Waals surface area contributed by atoms with Crippen molar-refractivity contribution in [2.45, 2.75) is 5.75 Å². The smallest absolute Gasteiger partial charge is 0.128 e. The third kappa shape index (κ3) is 3.42. The highest BCUT2D eigenvalue weighted by Crippen LogP contribution is 2.12. The second kappa shape index (κ2) is 5.59. The lowest BCUT2D eigenvalue weighted by Crippen LogP contribution is -2.12. The van der Waals surface area contributed by atoms with Gasteiger partial charge in [0.15, 0.2) is 0 Å². The molecule has 3 nitrogen and oxygen atoms in total. The van der Waals surface area contributed by atoms with Crippen molar-refractivity contribution >= 4 is 10.8 Å². The summed E-state index contributed by atoms with van der Waals surface area (Å²) >= 11 is 0. The highest BCUT2D eigenvalue weighted by molar-refractivity contribution is 7.84. The van der Waals surface area contributed by atoms with Crippen molar-refractivity contribution in [1.29, 1.82) is 5.26 Å². The first-order chi connectivity index (χ1) is 7.17. The third-order valence-corrected chi connectivity index (χ3v) is 3.17. The van der Waals surface area contributed by atoms with Crippen LogP contribution < -0.4 is 5.73 Å². The average molecular weight is 226 g/mol. The van der Waals surface area contributed by atoms with Crippen molar-refractivity contribution in [2.24, 2.45) is 5.73 Å². The molecule has 1 atom stereocenters. The Kier molecular flexibility index (Phi) is 4.40. The van der Waals surface area contributed by atoms with E-state index < -0.39 is 16.6 Å². The molecule has 0 heterocycles. The fourth-order valence-electron chi connectivity index (χ4n) is 1.11. The van der Waals surface area contributed by atoms with Crippen LogP contribution in [0.3, 0.4) is 0 Å². The maximum atomic E-state index is 13.3. The molecule has 0 aliphatic rings. The summed E-state index contributed by atoms with van der Waals surface area (Å²) in [5.74, 6) is 0.0215. The fourth-order valence-corrected chi connectivity index (χ4v) is 2.10. The number of hydrogen-bond donors (Lipinski definition) is 1. The zero-order valence-corrected chi connectivity index (χ0v) is 8.89. The van der Waals surface area contributed by atoms with E-state index in [1.165, 1.54) is 12.1 Å². The Labute approximate surface area is 90.2 Å². The number of rotatable bonds is 4. The minimum absolute atomic E-state index is 0.148. The molecule has 1 aromatic carbocycles. The first kappa shape index (κ1) is 11.8. The normalized spacial score (nSPS) is 12.1. The van der Waals surface area contributed by atoms with Gasteiger partial charge in [-0.1, -0.05) is 6.07 Å². The van der Waals surface area contributed by atoms with Gasteiger partial charge in [0.05, 0.1) is 17.4 Å². The Morgan fingerprint density at radius 1 is 1.53 bits per heavy atom. The zero-order valence-electron chi connectivity index (χ0n) is 8.07. The first-order valence-electron chi connectivity index (χ1n) is 4.41. The SMILES string of the molecule is N#Cc1ccc(CS(=O)CCN)c(F)c1. The highest BCUT2D eigenvalue weighted by atomic mass is 32.2. The topological polar surface area (TPSA) is 66.9 Å². The average Bonchev–Trinajstić information content (AvgIpc) is 2.21. The van der Waals surface area contributed by atoms with Crippen molar-refractivity contribution in [3.8, 4) is 6.07 Å². The van der Waals surface area contributed by atoms with Crippen LogP contribution in [0.25, 0.3) is 0 Å². The van der Waals surface area contributed by atoms with Crippen molar-refractivity contribution < 1.29 is 8.60 Å². The largest absolute Gasteiger partial charge is 0.330 e. The van der Waals surface area contributed by atoms with E-state index in [1.54, 1.807) is 0 Å². The monoisotopic (exact) mass is 226 g/mol. The second-order valence-electron chi connectivity index (χ2n) is 2.99. The van der Waals surface area contributed by atoms with Crippen molar-refractivity contribution in [3.05, 3.63) is 35.1 Å². The lowest BCUT2D eigenvalue weighted by atomic mass is 10.1. The van der Waals surface area contributed by atoms with Crippen LogP contribution in [0.1, 0.15) is 11.1 Å². The summed E-state index contributed by atoms with van der Waals surface area (Å²) in [6, 6.07) is 5.99. The van der Waals surface area contributed by atoms with Crippen molar-refractivity contribution in [1.82, 2.24) is 0 Å². The Hall–Kier alpha value is -1.25. The molecule has 0 radical (unpaired) electrons. The quantitative estimate of drug-likeness (QED) is 0.829. The first-order valence-corrected chi connectivity index (χ1v) is 5.89. The number of nitriles is 1. The molecular weight excluding hydrogens is 215 g/mol.